The molecule has 0 aromatic rings. The summed E-state index contributed by atoms with van der Waals surface area (Å²) in [6, 6.07) is 0. The summed E-state index contributed by atoms with van der Waals surface area (Å²) in [6.07, 6.45) is 9.29. The highest BCUT2D eigenvalue weighted by atomic mass is 16.2. The van der Waals surface area contributed by atoms with E-state index in [9.17, 15) is 4.79 Å². The molecule has 1 aliphatic rings. The molecule has 0 aliphatic carbocycles. The number of hydrogen-bond donors (Lipinski definition) is 0. The van der Waals surface area contributed by atoms with Gasteiger partial charge >= 0.3 is 0 Å². The molecule has 1 rings (SSSR count). The third kappa shape index (κ3) is 2.77. The number of carbonyl (C=O) groups excluding carboxylic acids is 1. The van der Waals surface area contributed by atoms with Crippen LogP contribution >= 0.6 is 0 Å². The predicted molar refractivity (Wildman–Crippen MR) is 53.0 cm³/mol. The topological polar surface area (TPSA) is 20.3 Å². The second-order valence-corrected chi connectivity index (χ2v) is 3.70. The van der Waals surface area contributed by atoms with E-state index in [0.717, 1.165) is 25.9 Å². The first-order valence-corrected chi connectivity index (χ1v) is 4.98. The molecular formula is C11H17NO. The minimum atomic E-state index is 0.00287. The Morgan fingerprint density at radius 3 is 2.62 bits per heavy atom. The van der Waals surface area contributed by atoms with E-state index in [1.165, 1.54) is 6.42 Å². The zero-order valence-electron chi connectivity index (χ0n) is 8.25. The lowest BCUT2D eigenvalue weighted by Gasteiger charge is -2.28. The summed E-state index contributed by atoms with van der Waals surface area (Å²) in [7, 11) is 0. The van der Waals surface area contributed by atoms with Gasteiger partial charge in [-0.05, 0) is 19.3 Å². The minimum Gasteiger partial charge on any atom is -0.342 e. The Kier molecular flexibility index (Phi) is 3.82. The molecule has 13 heavy (non-hydrogen) atoms. The van der Waals surface area contributed by atoms with Crippen LogP contribution in [0.4, 0.5) is 0 Å². The van der Waals surface area contributed by atoms with Crippen LogP contribution < -0.4 is 0 Å². The molecule has 1 heterocycles. The van der Waals surface area contributed by atoms with Gasteiger partial charge in [0.2, 0.25) is 5.91 Å². The fraction of sp³-hybridized carbons (Fsp3) is 0.727. The van der Waals surface area contributed by atoms with Crippen molar-refractivity contribution in [3.8, 4) is 12.3 Å². The Hall–Kier alpha value is -0.970. The molecule has 1 unspecified atom stereocenters. The molecule has 0 N–H and O–H groups in total. The molecule has 1 amide bonds. The van der Waals surface area contributed by atoms with Crippen molar-refractivity contribution in [2.75, 3.05) is 13.1 Å². The van der Waals surface area contributed by atoms with Crippen LogP contribution in [0, 0.1) is 18.3 Å². The van der Waals surface area contributed by atoms with Gasteiger partial charge in [-0.2, -0.15) is 0 Å². The van der Waals surface area contributed by atoms with Crippen molar-refractivity contribution in [3.63, 3.8) is 0 Å². The van der Waals surface area contributed by atoms with Crippen molar-refractivity contribution >= 4 is 5.91 Å². The number of amides is 1. The van der Waals surface area contributed by atoms with Crippen molar-refractivity contribution in [1.82, 2.24) is 4.90 Å². The normalized spacial score (nSPS) is 19.2. The van der Waals surface area contributed by atoms with E-state index in [2.05, 4.69) is 5.92 Å². The van der Waals surface area contributed by atoms with Crippen LogP contribution in [0.15, 0.2) is 0 Å². The summed E-state index contributed by atoms with van der Waals surface area (Å²) < 4.78 is 0. The first-order valence-electron chi connectivity index (χ1n) is 4.98. The Morgan fingerprint density at radius 2 is 2.08 bits per heavy atom. The summed E-state index contributed by atoms with van der Waals surface area (Å²) >= 11 is 0. The van der Waals surface area contributed by atoms with Gasteiger partial charge in [-0.1, -0.05) is 6.92 Å². The number of piperidine rings is 1. The standard InChI is InChI=1S/C11H17NO/c1-3-7-10(2)11(13)12-8-5-4-6-9-12/h1,10H,4-9H2,2H3. The molecule has 0 saturated carbocycles. The third-order valence-corrected chi connectivity index (χ3v) is 2.51. The van der Waals surface area contributed by atoms with Gasteiger partial charge in [-0.3, -0.25) is 4.79 Å². The van der Waals surface area contributed by atoms with Crippen LogP contribution in [-0.4, -0.2) is 23.9 Å². The molecule has 2 nitrogen and oxygen atoms in total. The van der Waals surface area contributed by atoms with Crippen molar-refractivity contribution in [3.05, 3.63) is 0 Å². The summed E-state index contributed by atoms with van der Waals surface area (Å²) in [4.78, 5) is 13.7. The first kappa shape index (κ1) is 10.1. The van der Waals surface area contributed by atoms with Gasteiger partial charge < -0.3 is 4.90 Å². The average molecular weight is 179 g/mol. The van der Waals surface area contributed by atoms with Gasteiger partial charge in [0.25, 0.3) is 0 Å². The van der Waals surface area contributed by atoms with Gasteiger partial charge in [-0.25, -0.2) is 0 Å². The number of nitrogens with zero attached hydrogens (tertiary/aromatic N) is 1. The van der Waals surface area contributed by atoms with E-state index in [1.54, 1.807) is 0 Å². The van der Waals surface area contributed by atoms with Crippen LogP contribution in [-0.2, 0) is 4.79 Å². The van der Waals surface area contributed by atoms with Gasteiger partial charge in [0.05, 0.1) is 0 Å². The smallest absolute Gasteiger partial charge is 0.226 e. The van der Waals surface area contributed by atoms with Crippen molar-refractivity contribution in [2.45, 2.75) is 32.6 Å². The third-order valence-electron chi connectivity index (χ3n) is 2.51. The second-order valence-electron chi connectivity index (χ2n) is 3.70. The Labute approximate surface area is 80.3 Å². The fourth-order valence-corrected chi connectivity index (χ4v) is 1.69. The minimum absolute atomic E-state index is 0.00287. The molecule has 0 radical (unpaired) electrons. The number of rotatable bonds is 2. The van der Waals surface area contributed by atoms with Crippen molar-refractivity contribution < 1.29 is 4.79 Å². The van der Waals surface area contributed by atoms with Gasteiger partial charge in [-0.15, -0.1) is 12.3 Å². The van der Waals surface area contributed by atoms with Crippen LogP contribution in [0.5, 0.6) is 0 Å². The monoisotopic (exact) mass is 179 g/mol. The Balaban J connectivity index is 2.41. The Bertz CT molecular complexity index is 211. The molecule has 1 fully saturated rings. The molecule has 0 aromatic carbocycles. The van der Waals surface area contributed by atoms with Crippen LogP contribution in [0.2, 0.25) is 0 Å². The van der Waals surface area contributed by atoms with Gasteiger partial charge in [0.1, 0.15) is 0 Å². The maximum absolute atomic E-state index is 11.7. The fourth-order valence-electron chi connectivity index (χ4n) is 1.69. The predicted octanol–water partition coefficient (Wildman–Crippen LogP) is 1.66. The number of carbonyl (C=O) groups is 1. The molecule has 2 heteroatoms. The maximum Gasteiger partial charge on any atom is 0.226 e. The number of likely N-dealkylation sites (tertiary alicyclic amines) is 1. The van der Waals surface area contributed by atoms with E-state index in [0.29, 0.717) is 6.42 Å². The Morgan fingerprint density at radius 1 is 1.46 bits per heavy atom. The zero-order valence-corrected chi connectivity index (χ0v) is 8.25. The lowest BCUT2D eigenvalue weighted by atomic mass is 10.0. The second kappa shape index (κ2) is 4.91. The number of hydrogen-bond acceptors (Lipinski definition) is 1. The van der Waals surface area contributed by atoms with E-state index in [1.807, 2.05) is 11.8 Å². The molecule has 1 saturated heterocycles. The molecular weight excluding hydrogens is 162 g/mol. The summed E-state index contributed by atoms with van der Waals surface area (Å²) in [5.41, 5.74) is 0. The van der Waals surface area contributed by atoms with Gasteiger partial charge in [0.15, 0.2) is 0 Å². The lowest BCUT2D eigenvalue weighted by Crippen LogP contribution is -2.38. The molecule has 1 atom stereocenters. The quantitative estimate of drug-likeness (QED) is 0.590. The molecule has 1 aliphatic heterocycles. The van der Waals surface area contributed by atoms with Crippen molar-refractivity contribution in [1.29, 1.82) is 0 Å². The van der Waals surface area contributed by atoms with E-state index in [-0.39, 0.29) is 11.8 Å². The lowest BCUT2D eigenvalue weighted by molar-refractivity contribution is -0.135. The highest BCUT2D eigenvalue weighted by Gasteiger charge is 2.20. The highest BCUT2D eigenvalue weighted by molar-refractivity contribution is 5.78. The zero-order chi connectivity index (χ0) is 9.68. The average Bonchev–Trinajstić information content (AvgIpc) is 2.18. The molecule has 72 valence electrons. The van der Waals surface area contributed by atoms with Gasteiger partial charge in [0, 0.05) is 25.4 Å². The SMILES string of the molecule is C#CCC(C)C(=O)N1CCCCC1. The van der Waals surface area contributed by atoms with E-state index < -0.39 is 0 Å². The largest absolute Gasteiger partial charge is 0.342 e. The first-order chi connectivity index (χ1) is 6.25. The van der Waals surface area contributed by atoms with E-state index in [4.69, 9.17) is 6.42 Å². The summed E-state index contributed by atoms with van der Waals surface area (Å²) in [5, 5.41) is 0. The molecule has 0 aromatic heterocycles. The molecule has 0 bridgehead atoms. The van der Waals surface area contributed by atoms with Crippen molar-refractivity contribution in [2.24, 2.45) is 5.92 Å². The maximum atomic E-state index is 11.7. The number of terminal acetylenes is 1. The van der Waals surface area contributed by atoms with Crippen LogP contribution in [0.25, 0.3) is 0 Å². The summed E-state index contributed by atoms with van der Waals surface area (Å²) in [5.74, 6) is 2.78. The summed E-state index contributed by atoms with van der Waals surface area (Å²) in [6.45, 7) is 3.76. The van der Waals surface area contributed by atoms with Crippen LogP contribution in [0.1, 0.15) is 32.6 Å². The van der Waals surface area contributed by atoms with E-state index >= 15 is 0 Å². The highest BCUT2D eigenvalue weighted by Crippen LogP contribution is 2.13. The van der Waals surface area contributed by atoms with Crippen LogP contribution in [0.3, 0.4) is 0 Å². The molecule has 0 spiro atoms.